The van der Waals surface area contributed by atoms with Crippen molar-refractivity contribution in [1.29, 1.82) is 0 Å². The lowest BCUT2D eigenvalue weighted by molar-refractivity contribution is 0.421. The van der Waals surface area contributed by atoms with Crippen LogP contribution in [0.1, 0.15) is 58.8 Å². The number of rotatable bonds is 3. The van der Waals surface area contributed by atoms with Crippen LogP contribution in [0, 0.1) is 17.3 Å². The van der Waals surface area contributed by atoms with Gasteiger partial charge < -0.3 is 0 Å². The molecule has 12 heavy (non-hydrogen) atoms. The highest BCUT2D eigenvalue weighted by atomic mass is 14.6. The molecule has 2 saturated carbocycles. The van der Waals surface area contributed by atoms with Crippen LogP contribution >= 0.6 is 0 Å². The van der Waals surface area contributed by atoms with Crippen molar-refractivity contribution < 1.29 is 0 Å². The van der Waals surface area contributed by atoms with Gasteiger partial charge in [-0.3, -0.25) is 0 Å². The van der Waals surface area contributed by atoms with E-state index in [0.717, 1.165) is 17.3 Å². The number of hydrogen-bond acceptors (Lipinski definition) is 0. The summed E-state index contributed by atoms with van der Waals surface area (Å²) in [5, 5.41) is 0. The van der Waals surface area contributed by atoms with Crippen LogP contribution in [0.25, 0.3) is 0 Å². The SMILES string of the molecule is CCCCC1(C)C2CCCCC21. The Hall–Kier alpha value is 0. The molecule has 0 aromatic heterocycles. The minimum absolute atomic E-state index is 0.798. The first kappa shape index (κ1) is 8.59. The van der Waals surface area contributed by atoms with Gasteiger partial charge in [-0.15, -0.1) is 0 Å². The molecule has 0 amide bonds. The lowest BCUT2D eigenvalue weighted by atomic mass is 9.96. The highest BCUT2D eigenvalue weighted by Crippen LogP contribution is 2.67. The van der Waals surface area contributed by atoms with Crippen LogP contribution in [-0.4, -0.2) is 0 Å². The Bertz CT molecular complexity index is 147. The van der Waals surface area contributed by atoms with Gasteiger partial charge in [0.25, 0.3) is 0 Å². The fourth-order valence-corrected chi connectivity index (χ4v) is 3.48. The molecule has 0 nitrogen and oxygen atoms in total. The van der Waals surface area contributed by atoms with Crippen LogP contribution in [0.3, 0.4) is 0 Å². The maximum atomic E-state index is 2.54. The van der Waals surface area contributed by atoms with E-state index < -0.39 is 0 Å². The molecule has 0 aromatic rings. The molecule has 2 rings (SSSR count). The van der Waals surface area contributed by atoms with Gasteiger partial charge in [-0.1, -0.05) is 39.5 Å². The third-order valence-electron chi connectivity index (χ3n) is 4.42. The van der Waals surface area contributed by atoms with E-state index in [4.69, 9.17) is 0 Å². The van der Waals surface area contributed by atoms with Gasteiger partial charge in [0.15, 0.2) is 0 Å². The second-order valence-electron chi connectivity index (χ2n) is 5.11. The smallest absolute Gasteiger partial charge is 0.0264 e. The molecule has 0 N–H and O–H groups in total. The summed E-state index contributed by atoms with van der Waals surface area (Å²) in [6.45, 7) is 4.86. The number of hydrogen-bond donors (Lipinski definition) is 0. The molecule has 2 unspecified atom stereocenters. The van der Waals surface area contributed by atoms with E-state index in [1.807, 2.05) is 0 Å². The molecule has 0 aromatic carbocycles. The van der Waals surface area contributed by atoms with Gasteiger partial charge in [0.1, 0.15) is 0 Å². The monoisotopic (exact) mass is 166 g/mol. The van der Waals surface area contributed by atoms with Crippen LogP contribution < -0.4 is 0 Å². The van der Waals surface area contributed by atoms with Crippen LogP contribution in [0.4, 0.5) is 0 Å². The van der Waals surface area contributed by atoms with Crippen molar-refractivity contribution in [3.8, 4) is 0 Å². The molecule has 0 saturated heterocycles. The van der Waals surface area contributed by atoms with Crippen LogP contribution in [0.15, 0.2) is 0 Å². The number of fused-ring (bicyclic) bond motifs is 1. The van der Waals surface area contributed by atoms with E-state index in [2.05, 4.69) is 13.8 Å². The Morgan fingerprint density at radius 2 is 1.75 bits per heavy atom. The van der Waals surface area contributed by atoms with Crippen molar-refractivity contribution in [2.24, 2.45) is 17.3 Å². The third kappa shape index (κ3) is 1.20. The number of unbranched alkanes of at least 4 members (excludes halogenated alkanes) is 1. The van der Waals surface area contributed by atoms with Gasteiger partial charge in [0.05, 0.1) is 0 Å². The Balaban J connectivity index is 1.87. The fourth-order valence-electron chi connectivity index (χ4n) is 3.48. The Kier molecular flexibility index (Phi) is 2.18. The van der Waals surface area contributed by atoms with Crippen molar-refractivity contribution in [1.82, 2.24) is 0 Å². The summed E-state index contributed by atoms with van der Waals surface area (Å²) in [6.07, 6.45) is 10.5. The molecule has 2 aliphatic carbocycles. The molecule has 2 aliphatic rings. The summed E-state index contributed by atoms with van der Waals surface area (Å²) in [4.78, 5) is 0. The van der Waals surface area contributed by atoms with Gasteiger partial charge >= 0.3 is 0 Å². The average Bonchev–Trinajstić information content (AvgIpc) is 2.71. The van der Waals surface area contributed by atoms with Crippen molar-refractivity contribution in [2.75, 3.05) is 0 Å². The molecule has 2 atom stereocenters. The second-order valence-corrected chi connectivity index (χ2v) is 5.11. The first-order chi connectivity index (χ1) is 5.79. The first-order valence-electron chi connectivity index (χ1n) is 5.79. The van der Waals surface area contributed by atoms with Crippen LogP contribution in [0.5, 0.6) is 0 Å². The van der Waals surface area contributed by atoms with E-state index in [-0.39, 0.29) is 0 Å². The summed E-state index contributed by atoms with van der Waals surface area (Å²) in [5.74, 6) is 2.27. The van der Waals surface area contributed by atoms with Crippen molar-refractivity contribution >= 4 is 0 Å². The maximum Gasteiger partial charge on any atom is -0.0264 e. The molecule has 0 heterocycles. The predicted molar refractivity (Wildman–Crippen MR) is 53.1 cm³/mol. The normalized spacial score (nSPS) is 45.5. The van der Waals surface area contributed by atoms with E-state index in [1.54, 1.807) is 12.8 Å². The predicted octanol–water partition coefficient (Wildman–Crippen LogP) is 4.00. The molecule has 0 spiro atoms. The molecule has 0 heteroatoms. The quantitative estimate of drug-likeness (QED) is 0.594. The van der Waals surface area contributed by atoms with Crippen molar-refractivity contribution in [3.05, 3.63) is 0 Å². The first-order valence-corrected chi connectivity index (χ1v) is 5.79. The minimum atomic E-state index is 0.798. The van der Waals surface area contributed by atoms with Crippen molar-refractivity contribution in [3.63, 3.8) is 0 Å². The van der Waals surface area contributed by atoms with Gasteiger partial charge in [0, 0.05) is 0 Å². The summed E-state index contributed by atoms with van der Waals surface area (Å²) in [6, 6.07) is 0. The Labute approximate surface area is 76.7 Å². The minimum Gasteiger partial charge on any atom is -0.0654 e. The average molecular weight is 166 g/mol. The topological polar surface area (TPSA) is 0 Å². The van der Waals surface area contributed by atoms with E-state index in [0.29, 0.717) is 0 Å². The van der Waals surface area contributed by atoms with E-state index >= 15 is 0 Å². The molecule has 0 aliphatic heterocycles. The molecular weight excluding hydrogens is 144 g/mol. The van der Waals surface area contributed by atoms with Crippen LogP contribution in [-0.2, 0) is 0 Å². The summed E-state index contributed by atoms with van der Waals surface area (Å²) in [5.41, 5.74) is 0.798. The lowest BCUT2D eigenvalue weighted by Gasteiger charge is -2.09. The van der Waals surface area contributed by atoms with Gasteiger partial charge in [0.2, 0.25) is 0 Å². The maximum absolute atomic E-state index is 2.54. The van der Waals surface area contributed by atoms with Crippen LogP contribution in [0.2, 0.25) is 0 Å². The standard InChI is InChI=1S/C12H22/c1-3-4-9-12(2)10-7-5-6-8-11(10)12/h10-11H,3-9H2,1-2H3. The molecule has 0 bridgehead atoms. The third-order valence-corrected chi connectivity index (χ3v) is 4.42. The van der Waals surface area contributed by atoms with Gasteiger partial charge in [-0.25, -0.2) is 0 Å². The molecule has 70 valence electrons. The van der Waals surface area contributed by atoms with E-state index in [1.165, 1.54) is 32.1 Å². The van der Waals surface area contributed by atoms with Gasteiger partial charge in [-0.05, 0) is 36.5 Å². The zero-order valence-corrected chi connectivity index (χ0v) is 8.60. The second kappa shape index (κ2) is 3.05. The molecule has 2 fully saturated rings. The van der Waals surface area contributed by atoms with Crippen molar-refractivity contribution in [2.45, 2.75) is 58.8 Å². The highest BCUT2D eigenvalue weighted by molar-refractivity contribution is 5.08. The molecule has 0 radical (unpaired) electrons. The zero-order valence-electron chi connectivity index (χ0n) is 8.60. The van der Waals surface area contributed by atoms with E-state index in [9.17, 15) is 0 Å². The Morgan fingerprint density at radius 3 is 2.25 bits per heavy atom. The highest BCUT2D eigenvalue weighted by Gasteiger charge is 2.59. The summed E-state index contributed by atoms with van der Waals surface area (Å²) in [7, 11) is 0. The van der Waals surface area contributed by atoms with Gasteiger partial charge in [-0.2, -0.15) is 0 Å². The molecular formula is C12H22. The lowest BCUT2D eigenvalue weighted by Crippen LogP contribution is -1.98. The summed E-state index contributed by atoms with van der Waals surface area (Å²) >= 11 is 0. The summed E-state index contributed by atoms with van der Waals surface area (Å²) < 4.78 is 0. The largest absolute Gasteiger partial charge is 0.0654 e. The Morgan fingerprint density at radius 1 is 1.17 bits per heavy atom. The zero-order chi connectivity index (χ0) is 8.60. The fraction of sp³-hybridized carbons (Fsp3) is 1.00.